The molecule has 0 bridgehead atoms. The van der Waals surface area contributed by atoms with Gasteiger partial charge in [-0.05, 0) is 61.9 Å². The number of allylic oxidation sites excluding steroid dienone is 1. The van der Waals surface area contributed by atoms with E-state index < -0.39 is 17.4 Å². The molecule has 0 saturated carbocycles. The fourth-order valence-corrected chi connectivity index (χ4v) is 3.85. The first kappa shape index (κ1) is 17.7. The molecule has 140 valence electrons. The lowest BCUT2D eigenvalue weighted by atomic mass is 10.0. The standard InChI is InChI=1S/C22H22F2N2O/c1-13-4-5-20-16(8-13)17-12-25(3)7-6-21(17)26(20)11-14(2)15-9-18(23)22(27)19(24)10-15/h4-5,8-11,27H,6-7,12H2,1-3H3/b14-11-. The van der Waals surface area contributed by atoms with Crippen LogP contribution in [-0.4, -0.2) is 28.2 Å². The fourth-order valence-electron chi connectivity index (χ4n) is 3.85. The summed E-state index contributed by atoms with van der Waals surface area (Å²) in [7, 11) is 2.12. The summed E-state index contributed by atoms with van der Waals surface area (Å²) in [5, 5.41) is 10.6. The molecule has 0 amide bonds. The number of phenols is 1. The number of hydrogen-bond acceptors (Lipinski definition) is 2. The highest BCUT2D eigenvalue weighted by molar-refractivity contribution is 5.90. The van der Waals surface area contributed by atoms with E-state index >= 15 is 0 Å². The van der Waals surface area contributed by atoms with Crippen LogP contribution >= 0.6 is 0 Å². The van der Waals surface area contributed by atoms with Crippen LogP contribution in [0.25, 0.3) is 22.7 Å². The van der Waals surface area contributed by atoms with E-state index in [-0.39, 0.29) is 0 Å². The van der Waals surface area contributed by atoms with Gasteiger partial charge in [-0.1, -0.05) is 11.6 Å². The minimum atomic E-state index is -0.950. The molecule has 2 heterocycles. The van der Waals surface area contributed by atoms with E-state index in [0.717, 1.165) is 30.6 Å². The third kappa shape index (κ3) is 3.02. The zero-order valence-corrected chi connectivity index (χ0v) is 15.7. The highest BCUT2D eigenvalue weighted by Gasteiger charge is 2.22. The highest BCUT2D eigenvalue weighted by Crippen LogP contribution is 2.33. The second-order valence-corrected chi connectivity index (χ2v) is 7.40. The van der Waals surface area contributed by atoms with Gasteiger partial charge in [0, 0.05) is 36.8 Å². The average molecular weight is 368 g/mol. The number of halogens is 2. The summed E-state index contributed by atoms with van der Waals surface area (Å²) < 4.78 is 29.7. The summed E-state index contributed by atoms with van der Waals surface area (Å²) in [5.41, 5.74) is 6.01. The van der Waals surface area contributed by atoms with Crippen molar-refractivity contribution in [3.63, 3.8) is 0 Å². The van der Waals surface area contributed by atoms with Gasteiger partial charge in [0.05, 0.1) is 5.52 Å². The Kier molecular flexibility index (Phi) is 4.27. The van der Waals surface area contributed by atoms with Crippen molar-refractivity contribution in [2.45, 2.75) is 26.8 Å². The zero-order chi connectivity index (χ0) is 19.3. The maximum atomic E-state index is 13.8. The van der Waals surface area contributed by atoms with Gasteiger partial charge in [0.1, 0.15) is 0 Å². The van der Waals surface area contributed by atoms with Crippen molar-refractivity contribution < 1.29 is 13.9 Å². The smallest absolute Gasteiger partial charge is 0.187 e. The van der Waals surface area contributed by atoms with Gasteiger partial charge in [0.2, 0.25) is 0 Å². The minimum Gasteiger partial charge on any atom is -0.503 e. The van der Waals surface area contributed by atoms with Crippen LogP contribution in [0.2, 0.25) is 0 Å². The first-order chi connectivity index (χ1) is 12.8. The molecule has 3 aromatic rings. The van der Waals surface area contributed by atoms with Crippen molar-refractivity contribution in [3.8, 4) is 5.75 Å². The van der Waals surface area contributed by atoms with Crippen molar-refractivity contribution in [3.05, 3.63) is 64.4 Å². The second kappa shape index (κ2) is 6.50. The van der Waals surface area contributed by atoms with Crippen molar-refractivity contribution in [2.75, 3.05) is 13.6 Å². The summed E-state index contributed by atoms with van der Waals surface area (Å²) in [4.78, 5) is 2.30. The van der Waals surface area contributed by atoms with Crippen LogP contribution in [0.15, 0.2) is 30.3 Å². The third-order valence-electron chi connectivity index (χ3n) is 5.33. The second-order valence-electron chi connectivity index (χ2n) is 7.40. The van der Waals surface area contributed by atoms with E-state index in [9.17, 15) is 13.9 Å². The van der Waals surface area contributed by atoms with E-state index in [4.69, 9.17) is 0 Å². The number of aromatic nitrogens is 1. The molecule has 1 aliphatic heterocycles. The molecule has 0 aliphatic carbocycles. The lowest BCUT2D eigenvalue weighted by Crippen LogP contribution is -2.26. The van der Waals surface area contributed by atoms with Crippen LogP contribution in [0.1, 0.15) is 29.3 Å². The van der Waals surface area contributed by atoms with Gasteiger partial charge in [-0.25, -0.2) is 8.78 Å². The molecule has 5 heteroatoms. The molecule has 4 rings (SSSR count). The largest absolute Gasteiger partial charge is 0.503 e. The number of nitrogens with zero attached hydrogens (tertiary/aromatic N) is 2. The Labute approximate surface area is 157 Å². The normalized spacial score (nSPS) is 15.4. The molecule has 27 heavy (non-hydrogen) atoms. The fraction of sp³-hybridized carbons (Fsp3) is 0.273. The number of fused-ring (bicyclic) bond motifs is 3. The number of benzene rings is 2. The van der Waals surface area contributed by atoms with Crippen LogP contribution in [-0.2, 0) is 13.0 Å². The molecule has 0 fully saturated rings. The number of aromatic hydroxyl groups is 1. The van der Waals surface area contributed by atoms with Crippen molar-refractivity contribution in [2.24, 2.45) is 0 Å². The van der Waals surface area contributed by atoms with Crippen molar-refractivity contribution >= 4 is 22.7 Å². The molecule has 3 nitrogen and oxygen atoms in total. The van der Waals surface area contributed by atoms with Crippen LogP contribution < -0.4 is 0 Å². The Bertz CT molecular complexity index is 1060. The van der Waals surface area contributed by atoms with Gasteiger partial charge >= 0.3 is 0 Å². The lowest BCUT2D eigenvalue weighted by molar-refractivity contribution is 0.312. The number of phenolic OH excluding ortho intramolecular Hbond substituents is 1. The Morgan fingerprint density at radius 2 is 1.85 bits per heavy atom. The topological polar surface area (TPSA) is 28.4 Å². The molecule has 2 aromatic carbocycles. The summed E-state index contributed by atoms with van der Waals surface area (Å²) in [6.07, 6.45) is 2.86. The molecule has 0 unspecified atom stereocenters. The first-order valence-electron chi connectivity index (χ1n) is 9.03. The molecule has 0 saturated heterocycles. The zero-order valence-electron chi connectivity index (χ0n) is 15.7. The Morgan fingerprint density at radius 1 is 1.15 bits per heavy atom. The van der Waals surface area contributed by atoms with E-state index in [0.29, 0.717) is 5.56 Å². The van der Waals surface area contributed by atoms with Gasteiger partial charge in [0.25, 0.3) is 0 Å². The van der Waals surface area contributed by atoms with Gasteiger partial charge in [0.15, 0.2) is 17.4 Å². The predicted octanol–water partition coefficient (Wildman–Crippen LogP) is 4.94. The van der Waals surface area contributed by atoms with Crippen LogP contribution in [0, 0.1) is 18.6 Å². The van der Waals surface area contributed by atoms with E-state index in [1.54, 1.807) is 0 Å². The Balaban J connectivity index is 1.90. The molecule has 0 spiro atoms. The minimum absolute atomic E-state index is 0.415. The molecule has 1 N–H and O–H groups in total. The maximum absolute atomic E-state index is 13.8. The third-order valence-corrected chi connectivity index (χ3v) is 5.33. The molecular formula is C22H22F2N2O. The molecule has 1 aromatic heterocycles. The number of rotatable bonds is 2. The quantitative estimate of drug-likeness (QED) is 0.694. The van der Waals surface area contributed by atoms with Gasteiger partial charge in [-0.2, -0.15) is 0 Å². The number of aryl methyl sites for hydroxylation is 1. The Morgan fingerprint density at radius 3 is 2.56 bits per heavy atom. The molecule has 0 radical (unpaired) electrons. The highest BCUT2D eigenvalue weighted by atomic mass is 19.1. The van der Waals surface area contributed by atoms with E-state index in [2.05, 4.69) is 41.6 Å². The maximum Gasteiger partial charge on any atom is 0.187 e. The van der Waals surface area contributed by atoms with Gasteiger partial charge in [-0.15, -0.1) is 0 Å². The molecule has 1 aliphatic rings. The summed E-state index contributed by atoms with van der Waals surface area (Å²) in [6, 6.07) is 8.72. The van der Waals surface area contributed by atoms with E-state index in [1.807, 2.05) is 13.1 Å². The summed E-state index contributed by atoms with van der Waals surface area (Å²) >= 11 is 0. The average Bonchev–Trinajstić information content (AvgIpc) is 2.91. The molecule has 0 atom stereocenters. The summed E-state index contributed by atoms with van der Waals surface area (Å²) in [5.74, 6) is -2.84. The number of hydrogen-bond donors (Lipinski definition) is 1. The van der Waals surface area contributed by atoms with Crippen molar-refractivity contribution in [1.29, 1.82) is 0 Å². The molecular weight excluding hydrogens is 346 g/mol. The summed E-state index contributed by atoms with van der Waals surface area (Å²) in [6.45, 7) is 5.76. The first-order valence-corrected chi connectivity index (χ1v) is 9.03. The lowest BCUT2D eigenvalue weighted by Gasteiger charge is -2.23. The van der Waals surface area contributed by atoms with Crippen molar-refractivity contribution in [1.82, 2.24) is 9.47 Å². The number of likely N-dealkylation sites (N-methyl/N-ethyl adjacent to an activating group) is 1. The monoisotopic (exact) mass is 368 g/mol. The van der Waals surface area contributed by atoms with Gasteiger partial charge < -0.3 is 14.6 Å². The van der Waals surface area contributed by atoms with Crippen LogP contribution in [0.4, 0.5) is 8.78 Å². The van der Waals surface area contributed by atoms with E-state index in [1.165, 1.54) is 34.3 Å². The van der Waals surface area contributed by atoms with Gasteiger partial charge in [-0.3, -0.25) is 0 Å². The predicted molar refractivity (Wildman–Crippen MR) is 105 cm³/mol. The Hall–Kier alpha value is -2.66. The SMILES string of the molecule is C/C(=C/n1c2c(c3cc(C)ccc31)CN(C)CC2)c1cc(F)c(O)c(F)c1. The van der Waals surface area contributed by atoms with Crippen LogP contribution in [0.3, 0.4) is 0 Å². The van der Waals surface area contributed by atoms with Crippen LogP contribution in [0.5, 0.6) is 5.75 Å².